The van der Waals surface area contributed by atoms with E-state index in [1.165, 1.54) is 0 Å². The molecule has 0 aromatic heterocycles. The molecule has 1 aliphatic rings. The molecule has 0 unspecified atom stereocenters. The summed E-state index contributed by atoms with van der Waals surface area (Å²) in [6, 6.07) is -0.328. The summed E-state index contributed by atoms with van der Waals surface area (Å²) in [7, 11) is 0. The average molecular weight is 260 g/mol. The standard InChI is InChI=1S/C11H20N2O3S/c1-2-7-16-11(15)9-4-3-6-13(9)12-10(14)5-8-17/h9,17H,2-8H2,1H3,(H,12,14)/t9-/m0/s1. The van der Waals surface area contributed by atoms with Gasteiger partial charge in [0.05, 0.1) is 6.61 Å². The molecule has 6 heteroatoms. The molecule has 17 heavy (non-hydrogen) atoms. The fourth-order valence-electron chi connectivity index (χ4n) is 1.76. The second kappa shape index (κ2) is 7.55. The fraction of sp³-hybridized carbons (Fsp3) is 0.818. The number of ether oxygens (including phenoxy) is 1. The van der Waals surface area contributed by atoms with Crippen LogP contribution in [-0.4, -0.2) is 41.8 Å². The Kier molecular flexibility index (Phi) is 6.36. The number of rotatable bonds is 6. The van der Waals surface area contributed by atoms with Crippen molar-refractivity contribution in [3.63, 3.8) is 0 Å². The van der Waals surface area contributed by atoms with Crippen LogP contribution in [0.3, 0.4) is 0 Å². The topological polar surface area (TPSA) is 58.6 Å². The Bertz CT molecular complexity index is 273. The van der Waals surface area contributed by atoms with Gasteiger partial charge in [-0.2, -0.15) is 12.6 Å². The number of thiol groups is 1. The normalized spacial score (nSPS) is 20.2. The first-order valence-electron chi connectivity index (χ1n) is 6.02. The number of nitrogens with one attached hydrogen (secondary N) is 1. The van der Waals surface area contributed by atoms with E-state index in [0.717, 1.165) is 19.3 Å². The Morgan fingerprint density at radius 2 is 2.29 bits per heavy atom. The number of hydrogen-bond donors (Lipinski definition) is 2. The Labute approximate surface area is 107 Å². The zero-order valence-electron chi connectivity index (χ0n) is 10.1. The van der Waals surface area contributed by atoms with Crippen molar-refractivity contribution in [1.29, 1.82) is 0 Å². The summed E-state index contributed by atoms with van der Waals surface area (Å²) in [6.07, 6.45) is 2.80. The van der Waals surface area contributed by atoms with E-state index < -0.39 is 0 Å². The van der Waals surface area contributed by atoms with Gasteiger partial charge < -0.3 is 4.74 Å². The molecule has 1 aliphatic heterocycles. The number of hydrazine groups is 1. The first-order chi connectivity index (χ1) is 8.19. The van der Waals surface area contributed by atoms with Crippen LogP contribution in [0, 0.1) is 0 Å². The molecular formula is C11H20N2O3S. The van der Waals surface area contributed by atoms with Gasteiger partial charge in [0.15, 0.2) is 0 Å². The predicted molar refractivity (Wildman–Crippen MR) is 67.6 cm³/mol. The Balaban J connectivity index is 2.42. The zero-order valence-corrected chi connectivity index (χ0v) is 11.0. The van der Waals surface area contributed by atoms with E-state index >= 15 is 0 Å². The molecule has 1 heterocycles. The van der Waals surface area contributed by atoms with Crippen LogP contribution < -0.4 is 5.43 Å². The third-order valence-electron chi connectivity index (χ3n) is 2.58. The van der Waals surface area contributed by atoms with Gasteiger partial charge in [0.25, 0.3) is 0 Å². The molecule has 0 bridgehead atoms. The van der Waals surface area contributed by atoms with Gasteiger partial charge in [0.2, 0.25) is 5.91 Å². The van der Waals surface area contributed by atoms with Crippen molar-refractivity contribution >= 4 is 24.5 Å². The molecule has 98 valence electrons. The van der Waals surface area contributed by atoms with Gasteiger partial charge in [-0.25, -0.2) is 5.01 Å². The van der Waals surface area contributed by atoms with Crippen LogP contribution in [0.5, 0.6) is 0 Å². The molecule has 5 nitrogen and oxygen atoms in total. The predicted octanol–water partition coefficient (Wildman–Crippen LogP) is 0.755. The van der Waals surface area contributed by atoms with Crippen molar-refractivity contribution in [2.75, 3.05) is 18.9 Å². The molecule has 1 saturated heterocycles. The van der Waals surface area contributed by atoms with Gasteiger partial charge in [-0.15, -0.1) is 0 Å². The highest BCUT2D eigenvalue weighted by molar-refractivity contribution is 7.80. The number of nitrogens with zero attached hydrogens (tertiary/aromatic N) is 1. The van der Waals surface area contributed by atoms with Gasteiger partial charge in [-0.05, 0) is 25.0 Å². The lowest BCUT2D eigenvalue weighted by Crippen LogP contribution is -2.48. The number of hydrogen-bond acceptors (Lipinski definition) is 5. The van der Waals surface area contributed by atoms with E-state index in [9.17, 15) is 9.59 Å². The van der Waals surface area contributed by atoms with Gasteiger partial charge >= 0.3 is 5.97 Å². The molecule has 0 aliphatic carbocycles. The van der Waals surface area contributed by atoms with Gasteiger partial charge in [-0.3, -0.25) is 15.0 Å². The molecule has 1 atom stereocenters. The highest BCUT2D eigenvalue weighted by Gasteiger charge is 2.32. The van der Waals surface area contributed by atoms with Crippen LogP contribution >= 0.6 is 12.6 Å². The second-order valence-electron chi connectivity index (χ2n) is 4.03. The van der Waals surface area contributed by atoms with Crippen LogP contribution in [-0.2, 0) is 14.3 Å². The molecule has 1 N–H and O–H groups in total. The van der Waals surface area contributed by atoms with Gasteiger partial charge in [0, 0.05) is 13.0 Å². The lowest BCUT2D eigenvalue weighted by molar-refractivity contribution is -0.150. The molecule has 0 aromatic carbocycles. The zero-order chi connectivity index (χ0) is 12.7. The SMILES string of the molecule is CCCOC(=O)[C@@H]1CCCN1NC(=O)CCS. The maximum atomic E-state index is 11.7. The Morgan fingerprint density at radius 1 is 1.53 bits per heavy atom. The summed E-state index contributed by atoms with van der Waals surface area (Å²) in [6.45, 7) is 3.09. The van der Waals surface area contributed by atoms with E-state index in [4.69, 9.17) is 4.74 Å². The van der Waals surface area contributed by atoms with E-state index in [1.807, 2.05) is 6.92 Å². The number of carbonyl (C=O) groups is 2. The fourth-order valence-corrected chi connectivity index (χ4v) is 1.97. The van der Waals surface area contributed by atoms with E-state index in [0.29, 0.717) is 25.3 Å². The molecule has 1 fully saturated rings. The van der Waals surface area contributed by atoms with Crippen molar-refractivity contribution in [3.05, 3.63) is 0 Å². The monoisotopic (exact) mass is 260 g/mol. The third kappa shape index (κ3) is 4.55. The largest absolute Gasteiger partial charge is 0.464 e. The van der Waals surface area contributed by atoms with Crippen molar-refractivity contribution in [2.24, 2.45) is 0 Å². The third-order valence-corrected chi connectivity index (χ3v) is 2.80. The first kappa shape index (κ1) is 14.3. The van der Waals surface area contributed by atoms with E-state index in [1.54, 1.807) is 5.01 Å². The van der Waals surface area contributed by atoms with Crippen molar-refractivity contribution in [2.45, 2.75) is 38.6 Å². The lowest BCUT2D eigenvalue weighted by Gasteiger charge is -2.23. The van der Waals surface area contributed by atoms with Crippen molar-refractivity contribution < 1.29 is 14.3 Å². The number of amides is 1. The van der Waals surface area contributed by atoms with Crippen LogP contribution in [0.2, 0.25) is 0 Å². The van der Waals surface area contributed by atoms with E-state index in [-0.39, 0.29) is 17.9 Å². The second-order valence-corrected chi connectivity index (χ2v) is 4.47. The Hall–Kier alpha value is -0.750. The minimum atomic E-state index is -0.328. The summed E-state index contributed by atoms with van der Waals surface area (Å²) in [5.41, 5.74) is 2.73. The smallest absolute Gasteiger partial charge is 0.325 e. The average Bonchev–Trinajstić information content (AvgIpc) is 2.74. The first-order valence-corrected chi connectivity index (χ1v) is 6.66. The minimum Gasteiger partial charge on any atom is -0.464 e. The summed E-state index contributed by atoms with van der Waals surface area (Å²) < 4.78 is 5.10. The van der Waals surface area contributed by atoms with Crippen LogP contribution in [0.15, 0.2) is 0 Å². The van der Waals surface area contributed by atoms with Gasteiger partial charge in [0.1, 0.15) is 6.04 Å². The van der Waals surface area contributed by atoms with Crippen LogP contribution in [0.4, 0.5) is 0 Å². The lowest BCUT2D eigenvalue weighted by atomic mass is 10.2. The van der Waals surface area contributed by atoms with Crippen LogP contribution in [0.1, 0.15) is 32.6 Å². The van der Waals surface area contributed by atoms with E-state index in [2.05, 4.69) is 18.1 Å². The quantitative estimate of drug-likeness (QED) is 0.547. The molecule has 0 saturated carbocycles. The highest BCUT2D eigenvalue weighted by atomic mass is 32.1. The Morgan fingerprint density at radius 3 is 2.94 bits per heavy atom. The summed E-state index contributed by atoms with van der Waals surface area (Å²) in [4.78, 5) is 23.2. The molecule has 1 amide bonds. The van der Waals surface area contributed by atoms with Crippen LogP contribution in [0.25, 0.3) is 0 Å². The van der Waals surface area contributed by atoms with Crippen molar-refractivity contribution in [3.8, 4) is 0 Å². The number of carbonyl (C=O) groups excluding carboxylic acids is 2. The maximum Gasteiger partial charge on any atom is 0.325 e. The minimum absolute atomic E-state index is 0.102. The molecular weight excluding hydrogens is 240 g/mol. The maximum absolute atomic E-state index is 11.7. The summed E-state index contributed by atoms with van der Waals surface area (Å²) >= 11 is 3.99. The summed E-state index contributed by atoms with van der Waals surface area (Å²) in [5, 5.41) is 1.68. The molecule has 0 aromatic rings. The molecule has 0 radical (unpaired) electrons. The molecule has 0 spiro atoms. The summed E-state index contributed by atoms with van der Waals surface area (Å²) in [5.74, 6) is 0.163. The molecule has 1 rings (SSSR count). The van der Waals surface area contributed by atoms with Crippen molar-refractivity contribution in [1.82, 2.24) is 10.4 Å². The van der Waals surface area contributed by atoms with Gasteiger partial charge in [-0.1, -0.05) is 6.92 Å². The highest BCUT2D eigenvalue weighted by Crippen LogP contribution is 2.16. The number of esters is 1.